The summed E-state index contributed by atoms with van der Waals surface area (Å²) in [5, 5.41) is 17.9. The highest BCUT2D eigenvalue weighted by molar-refractivity contribution is 6.30. The highest BCUT2D eigenvalue weighted by atomic mass is 35.5. The second-order valence-electron chi connectivity index (χ2n) is 7.56. The minimum atomic E-state index is -4.79. The van der Waals surface area contributed by atoms with Crippen LogP contribution in [0.25, 0.3) is 12.2 Å². The van der Waals surface area contributed by atoms with Crippen LogP contribution in [0.5, 0.6) is 11.5 Å². The van der Waals surface area contributed by atoms with Gasteiger partial charge in [0.25, 0.3) is 0 Å². The number of carbonyl (C=O) groups is 2. The Kier molecular flexibility index (Phi) is 7.30. The van der Waals surface area contributed by atoms with Gasteiger partial charge in [0, 0.05) is 16.1 Å². The van der Waals surface area contributed by atoms with Crippen molar-refractivity contribution in [1.29, 1.82) is 0 Å². The molecule has 36 heavy (non-hydrogen) atoms. The zero-order chi connectivity index (χ0) is 27.0. The van der Waals surface area contributed by atoms with Gasteiger partial charge in [0.05, 0.1) is 11.1 Å². The Morgan fingerprint density at radius 2 is 1.36 bits per heavy atom. The van der Waals surface area contributed by atoms with E-state index in [1.54, 1.807) is 19.1 Å². The topological polar surface area (TPSA) is 93.1 Å². The molecule has 192 valence electrons. The van der Waals surface area contributed by atoms with Gasteiger partial charge in [0.2, 0.25) is 12.2 Å². The molecule has 13 heteroatoms. The number of fused-ring (bicyclic) bond motifs is 2. The molecule has 0 bridgehead atoms. The van der Waals surface area contributed by atoms with Gasteiger partial charge in [-0.3, -0.25) is 0 Å². The molecule has 0 amide bonds. The van der Waals surface area contributed by atoms with Crippen molar-refractivity contribution < 1.29 is 55.6 Å². The van der Waals surface area contributed by atoms with Crippen LogP contribution < -0.4 is 9.47 Å². The molecule has 2 aliphatic heterocycles. The highest BCUT2D eigenvalue weighted by Gasteiger charge is 2.49. The van der Waals surface area contributed by atoms with Crippen LogP contribution in [-0.2, 0) is 9.59 Å². The van der Waals surface area contributed by atoms with E-state index in [9.17, 15) is 35.9 Å². The largest absolute Gasteiger partial charge is 0.478 e. The molecule has 2 heterocycles. The maximum Gasteiger partial charge on any atom is 0.430 e. The van der Waals surface area contributed by atoms with E-state index in [2.05, 4.69) is 0 Å². The lowest BCUT2D eigenvalue weighted by Gasteiger charge is -2.27. The number of ether oxygens (including phenoxy) is 2. The molecular formula is C23H15ClF6O6. The third kappa shape index (κ3) is 5.76. The van der Waals surface area contributed by atoms with Gasteiger partial charge in [-0.2, -0.15) is 26.3 Å². The summed E-state index contributed by atoms with van der Waals surface area (Å²) in [6.45, 7) is 1.60. The molecule has 0 fully saturated rings. The molecular weight excluding hydrogens is 522 g/mol. The Morgan fingerprint density at radius 3 is 1.89 bits per heavy atom. The van der Waals surface area contributed by atoms with Gasteiger partial charge in [-0.1, -0.05) is 29.8 Å². The van der Waals surface area contributed by atoms with Crippen molar-refractivity contribution in [2.24, 2.45) is 0 Å². The second-order valence-corrected chi connectivity index (χ2v) is 8.00. The summed E-state index contributed by atoms with van der Waals surface area (Å²) in [6.07, 6.45) is -12.5. The van der Waals surface area contributed by atoms with Crippen molar-refractivity contribution in [2.45, 2.75) is 31.5 Å². The van der Waals surface area contributed by atoms with Gasteiger partial charge in [0.15, 0.2) is 0 Å². The van der Waals surface area contributed by atoms with Crippen LogP contribution in [0.15, 0.2) is 47.5 Å². The fraction of sp³-hybridized carbons (Fsp3) is 0.217. The zero-order valence-corrected chi connectivity index (χ0v) is 18.7. The first kappa shape index (κ1) is 26.9. The first-order valence-corrected chi connectivity index (χ1v) is 10.2. The number of hydrogen-bond donors (Lipinski definition) is 2. The Bertz CT molecular complexity index is 1240. The number of rotatable bonds is 2. The number of para-hydroxylation sites is 1. The lowest BCUT2D eigenvalue weighted by Crippen LogP contribution is -2.40. The van der Waals surface area contributed by atoms with Gasteiger partial charge in [-0.15, -0.1) is 0 Å². The third-order valence-corrected chi connectivity index (χ3v) is 5.21. The molecule has 4 rings (SSSR count). The monoisotopic (exact) mass is 536 g/mol. The maximum atomic E-state index is 12.7. The lowest BCUT2D eigenvalue weighted by atomic mass is 9.99. The fourth-order valence-corrected chi connectivity index (χ4v) is 3.56. The summed E-state index contributed by atoms with van der Waals surface area (Å²) in [5.41, 5.74) is -0.589. The van der Waals surface area contributed by atoms with Crippen molar-refractivity contribution in [2.75, 3.05) is 0 Å². The average Bonchev–Trinajstić information content (AvgIpc) is 2.76. The van der Waals surface area contributed by atoms with Crippen molar-refractivity contribution in [3.8, 4) is 11.5 Å². The zero-order valence-electron chi connectivity index (χ0n) is 17.9. The third-order valence-electron chi connectivity index (χ3n) is 4.97. The van der Waals surface area contributed by atoms with Crippen LogP contribution in [0.4, 0.5) is 26.3 Å². The van der Waals surface area contributed by atoms with E-state index in [4.69, 9.17) is 31.3 Å². The van der Waals surface area contributed by atoms with Crippen molar-refractivity contribution >= 4 is 35.7 Å². The quantitative estimate of drug-likeness (QED) is 0.463. The van der Waals surface area contributed by atoms with Crippen molar-refractivity contribution in [3.63, 3.8) is 0 Å². The van der Waals surface area contributed by atoms with Crippen LogP contribution in [0, 0.1) is 6.92 Å². The first-order valence-electron chi connectivity index (χ1n) is 9.85. The van der Waals surface area contributed by atoms with Gasteiger partial charge < -0.3 is 19.7 Å². The minimum absolute atomic E-state index is 0.0493. The maximum absolute atomic E-state index is 12.7. The smallest absolute Gasteiger partial charge is 0.430 e. The molecule has 2 atom stereocenters. The van der Waals surface area contributed by atoms with Crippen molar-refractivity contribution in [3.05, 3.63) is 69.3 Å². The Morgan fingerprint density at radius 1 is 0.833 bits per heavy atom. The molecule has 0 aromatic heterocycles. The van der Waals surface area contributed by atoms with Gasteiger partial charge in [-0.25, -0.2) is 9.59 Å². The van der Waals surface area contributed by atoms with Gasteiger partial charge >= 0.3 is 24.3 Å². The highest BCUT2D eigenvalue weighted by Crippen LogP contribution is 2.39. The van der Waals surface area contributed by atoms with Crippen LogP contribution >= 0.6 is 11.6 Å². The molecule has 2 aromatic carbocycles. The molecule has 0 saturated heterocycles. The lowest BCUT2D eigenvalue weighted by molar-refractivity contribution is -0.187. The molecule has 2 aliphatic rings. The number of aryl methyl sites for hydroxylation is 1. The summed E-state index contributed by atoms with van der Waals surface area (Å²) in [4.78, 5) is 21.7. The van der Waals surface area contributed by atoms with E-state index in [-0.39, 0.29) is 22.1 Å². The van der Waals surface area contributed by atoms with E-state index in [1.807, 2.05) is 0 Å². The van der Waals surface area contributed by atoms with E-state index >= 15 is 0 Å². The van der Waals surface area contributed by atoms with Crippen LogP contribution in [0.1, 0.15) is 16.7 Å². The van der Waals surface area contributed by atoms with E-state index < -0.39 is 47.6 Å². The standard InChI is InChI=1S/C12H9F3O3.C11H6ClF3O3/c1-6-3-2-4-7-5-8(11(16)17)10(12(13,14)15)18-9(6)7;12-6-1-2-8-5(3-6)4-7(10(16)17)9(18-8)11(13,14)15/h2-5,10H,1H3,(H,16,17);1-4,9H,(H,16,17). The summed E-state index contributed by atoms with van der Waals surface area (Å²) in [7, 11) is 0. The molecule has 0 radical (unpaired) electrons. The SMILES string of the molecule is Cc1cccc2c1OC(C(F)(F)F)C(C(=O)O)=C2.O=C(O)C1=Cc2cc(Cl)ccc2OC1C(F)(F)F. The van der Waals surface area contributed by atoms with E-state index in [1.165, 1.54) is 24.3 Å². The molecule has 2 unspecified atom stereocenters. The van der Waals surface area contributed by atoms with Crippen LogP contribution in [0.2, 0.25) is 5.02 Å². The molecule has 6 nitrogen and oxygen atoms in total. The normalized spacial score (nSPS) is 18.7. The number of carboxylic acids is 2. The van der Waals surface area contributed by atoms with E-state index in [0.717, 1.165) is 12.2 Å². The van der Waals surface area contributed by atoms with Crippen LogP contribution in [-0.4, -0.2) is 46.7 Å². The fourth-order valence-electron chi connectivity index (χ4n) is 3.38. The number of aliphatic carboxylic acids is 2. The average molecular weight is 537 g/mol. The Hall–Kier alpha value is -3.67. The first-order chi connectivity index (χ1) is 16.6. The summed E-state index contributed by atoms with van der Waals surface area (Å²) in [6, 6.07) is 8.72. The molecule has 0 saturated carbocycles. The molecule has 0 spiro atoms. The minimum Gasteiger partial charge on any atom is -0.478 e. The number of alkyl halides is 6. The van der Waals surface area contributed by atoms with Gasteiger partial charge in [0.1, 0.15) is 11.5 Å². The summed E-state index contributed by atoms with van der Waals surface area (Å²) < 4.78 is 85.8. The molecule has 2 N–H and O–H groups in total. The summed E-state index contributed by atoms with van der Waals surface area (Å²) in [5.74, 6) is -3.29. The number of benzene rings is 2. The second kappa shape index (κ2) is 9.76. The van der Waals surface area contributed by atoms with Crippen LogP contribution in [0.3, 0.4) is 0 Å². The molecule has 0 aliphatic carbocycles. The molecule has 2 aromatic rings. The number of carboxylic acid groups (broad SMARTS) is 2. The van der Waals surface area contributed by atoms with E-state index in [0.29, 0.717) is 11.1 Å². The summed E-state index contributed by atoms with van der Waals surface area (Å²) >= 11 is 5.68. The Balaban J connectivity index is 0.000000201. The predicted molar refractivity (Wildman–Crippen MR) is 115 cm³/mol. The van der Waals surface area contributed by atoms with Gasteiger partial charge in [-0.05, 0) is 42.8 Å². The Labute approximate surface area is 204 Å². The number of halogens is 7. The number of hydrogen-bond acceptors (Lipinski definition) is 4. The predicted octanol–water partition coefficient (Wildman–Crippen LogP) is 5.92. The van der Waals surface area contributed by atoms with Crippen molar-refractivity contribution in [1.82, 2.24) is 0 Å².